The Bertz CT molecular complexity index is 805. The van der Waals surface area contributed by atoms with Crippen molar-refractivity contribution >= 4 is 27.6 Å². The molecule has 13 radical (unpaired) electrons. The van der Waals surface area contributed by atoms with Gasteiger partial charge in [-0.1, -0.05) is 18.2 Å². The second-order valence-corrected chi connectivity index (χ2v) is 11.2. The molecule has 2 aliphatic heterocycles. The molecule has 41 heavy (non-hydrogen) atoms. The maximum absolute atomic E-state index is 9.75. The van der Waals surface area contributed by atoms with Crippen LogP contribution >= 0.6 is 8.45 Å². The average molecular weight is 724 g/mol. The fourth-order valence-electron chi connectivity index (χ4n) is 3.89. The van der Waals surface area contributed by atoms with E-state index in [1.807, 2.05) is 51.2 Å². The second kappa shape index (κ2) is 21.7. The summed E-state index contributed by atoms with van der Waals surface area (Å²) >= 11 is 0. The number of para-hydroxylation sites is 1. The van der Waals surface area contributed by atoms with Crippen molar-refractivity contribution in [1.82, 2.24) is 4.67 Å². The minimum atomic E-state index is -6.00. The van der Waals surface area contributed by atoms with Gasteiger partial charge < -0.3 is 26.5 Å². The smallest absolute Gasteiger partial charge is 0.418 e. The van der Waals surface area contributed by atoms with Gasteiger partial charge in [-0.3, -0.25) is 4.99 Å². The minimum absolute atomic E-state index is 0. The molecule has 0 unspecified atom stereocenters. The summed E-state index contributed by atoms with van der Waals surface area (Å²) in [7, 11) is -6.75. The molecule has 2 saturated carbocycles. The number of benzene rings is 1. The molecule has 0 N–H and O–H groups in total. The quantitative estimate of drug-likeness (QED) is 0.131. The van der Waals surface area contributed by atoms with E-state index < -0.39 is 15.7 Å². The van der Waals surface area contributed by atoms with Crippen molar-refractivity contribution in [2.24, 2.45) is 4.99 Å². The number of nitrogens with zero attached hydrogens (tertiary/aromatic N) is 3. The van der Waals surface area contributed by atoms with Gasteiger partial charge in [0, 0.05) is 37.0 Å². The predicted molar refractivity (Wildman–Crippen MR) is 156 cm³/mol. The van der Waals surface area contributed by atoms with Gasteiger partial charge >= 0.3 is 44.7 Å². The zero-order valence-electron chi connectivity index (χ0n) is 23.2. The van der Waals surface area contributed by atoms with Crippen LogP contribution in [0.25, 0.3) is 0 Å². The van der Waals surface area contributed by atoms with Gasteiger partial charge in [0.1, 0.15) is 0 Å². The Morgan fingerprint density at radius 3 is 2.02 bits per heavy atom. The SMILES string of the molecule is CC(C)(CO[P@]1N(c2ccccc2)C[C@@H]2CCCN21)N=C[C]1[CH][CH][CH][CH]1.F[B-](F)(F)F.[CH2][CH][CH2].[CH]1[CH][CH][CH][CH]1.[Fe+2].[Pd+2]. The summed E-state index contributed by atoms with van der Waals surface area (Å²) in [4.78, 5) is 4.77. The Balaban J connectivity index is 0.000000894. The fourth-order valence-corrected chi connectivity index (χ4v) is 6.32. The first-order valence-electron chi connectivity index (χ1n) is 12.8. The third-order valence-corrected chi connectivity index (χ3v) is 7.68. The van der Waals surface area contributed by atoms with Crippen molar-refractivity contribution in [3.63, 3.8) is 0 Å². The first kappa shape index (κ1) is 41.0. The summed E-state index contributed by atoms with van der Waals surface area (Å²) in [6.45, 7) is 13.6. The van der Waals surface area contributed by atoms with E-state index in [9.17, 15) is 17.3 Å². The van der Waals surface area contributed by atoms with E-state index in [0.717, 1.165) is 19.0 Å². The van der Waals surface area contributed by atoms with Crippen molar-refractivity contribution in [3.8, 4) is 0 Å². The molecule has 225 valence electrons. The first-order valence-corrected chi connectivity index (χ1v) is 13.9. The summed E-state index contributed by atoms with van der Waals surface area (Å²) in [6.07, 6.45) is 24.3. The van der Waals surface area contributed by atoms with Crippen LogP contribution in [0.3, 0.4) is 0 Å². The zero-order valence-corrected chi connectivity index (χ0v) is 26.8. The van der Waals surface area contributed by atoms with Gasteiger partial charge in [0.15, 0.2) is 0 Å². The second-order valence-electron chi connectivity index (χ2n) is 9.44. The maximum Gasteiger partial charge on any atom is 2.00 e. The Morgan fingerprint density at radius 2 is 1.51 bits per heavy atom. The predicted octanol–water partition coefficient (Wildman–Crippen LogP) is 7.64. The van der Waals surface area contributed by atoms with E-state index in [1.54, 1.807) is 0 Å². The summed E-state index contributed by atoms with van der Waals surface area (Å²) < 4.78 is 50.6. The van der Waals surface area contributed by atoms with Crippen molar-refractivity contribution in [3.05, 3.63) is 114 Å². The summed E-state index contributed by atoms with van der Waals surface area (Å²) in [5.41, 5.74) is 1.03. The molecule has 0 spiro atoms. The molecule has 4 nitrogen and oxygen atoms in total. The van der Waals surface area contributed by atoms with Crippen LogP contribution in [-0.2, 0) is 42.0 Å². The third-order valence-electron chi connectivity index (χ3n) is 5.55. The Labute approximate surface area is 272 Å². The molecule has 0 amide bonds. The zero-order chi connectivity index (χ0) is 28.7. The van der Waals surface area contributed by atoms with Crippen LogP contribution in [0.2, 0.25) is 0 Å². The van der Waals surface area contributed by atoms with Crippen LogP contribution in [0.15, 0.2) is 35.3 Å². The average Bonchev–Trinajstić information content (AvgIpc) is 3.68. The van der Waals surface area contributed by atoms with Crippen LogP contribution in [0.5, 0.6) is 0 Å². The van der Waals surface area contributed by atoms with Gasteiger partial charge in [-0.15, -0.1) is 0 Å². The molecule has 5 rings (SSSR count). The molecule has 2 aliphatic carbocycles. The Morgan fingerprint density at radius 1 is 1.00 bits per heavy atom. The van der Waals surface area contributed by atoms with Crippen LogP contribution in [0.1, 0.15) is 26.7 Å². The fraction of sp³-hybridized carbons (Fsp3) is 0.310. The van der Waals surface area contributed by atoms with E-state index in [1.165, 1.54) is 24.9 Å². The molecule has 0 aromatic heterocycles. The van der Waals surface area contributed by atoms with Crippen molar-refractivity contribution < 1.29 is 59.3 Å². The van der Waals surface area contributed by atoms with Gasteiger partial charge in [0.25, 0.3) is 0 Å². The molecule has 2 heterocycles. The van der Waals surface area contributed by atoms with Crippen LogP contribution in [0, 0.1) is 84.0 Å². The molecule has 12 heteroatoms. The standard InChI is InChI=1S/C21H27N3OP.C5H5.C3H5.BF4.Fe.Pd/c1-21(2,22-15-18-9-6-7-10-18)17-25-26-23-14-8-13-20(23)16-24(26)19-11-4-3-5-12-19;1-2-4-5-3-1;1-3-2;2-1(3,4)5;;/h3-7,9-12,15,20H,8,13-14,16-17H2,1-2H3;1-5H;3H,1-2H2;;;/q;;;-1;2*+2/t20-,26-;;;;;/m0...../s1. The van der Waals surface area contributed by atoms with Gasteiger partial charge in [-0.25, -0.2) is 4.67 Å². The van der Waals surface area contributed by atoms with Crippen LogP contribution in [-0.4, -0.2) is 49.4 Å². The number of hydrogen-bond donors (Lipinski definition) is 0. The molecule has 2 saturated heterocycles. The topological polar surface area (TPSA) is 28.1 Å². The maximum atomic E-state index is 9.75. The summed E-state index contributed by atoms with van der Waals surface area (Å²) in [5, 5.41) is 0. The number of halogens is 4. The van der Waals surface area contributed by atoms with Gasteiger partial charge in [0.05, 0.1) is 12.1 Å². The van der Waals surface area contributed by atoms with Crippen LogP contribution in [0.4, 0.5) is 23.0 Å². The third kappa shape index (κ3) is 17.2. The molecular formula is C29H37BF4FeN3OPPd+3. The number of aliphatic imine (C=N–C) groups is 1. The Kier molecular flexibility index (Phi) is 21.7. The van der Waals surface area contributed by atoms with E-state index in [-0.39, 0.29) is 43.0 Å². The number of anilines is 1. The van der Waals surface area contributed by atoms with E-state index >= 15 is 0 Å². The molecule has 1 aromatic carbocycles. The number of fused-ring (bicyclic) bond motifs is 1. The first-order chi connectivity index (χ1) is 18.5. The van der Waals surface area contributed by atoms with Crippen LogP contribution < -0.4 is 4.67 Å². The van der Waals surface area contributed by atoms with E-state index in [2.05, 4.69) is 80.2 Å². The molecule has 4 fully saturated rings. The number of rotatable bonds is 6. The van der Waals surface area contributed by atoms with Gasteiger partial charge in [-0.05, 0) is 117 Å². The van der Waals surface area contributed by atoms with Gasteiger partial charge in [0.2, 0.25) is 8.45 Å². The number of hydrogen-bond acceptors (Lipinski definition) is 4. The molecule has 2 atom stereocenters. The van der Waals surface area contributed by atoms with Crippen molar-refractivity contribution in [2.45, 2.75) is 38.3 Å². The molecule has 1 aromatic rings. The molecule has 0 bridgehead atoms. The Hall–Kier alpha value is 0.00675. The van der Waals surface area contributed by atoms with Gasteiger partial charge in [-0.2, -0.15) is 0 Å². The normalized spacial score (nSPS) is 22.4. The monoisotopic (exact) mass is 723 g/mol. The summed E-state index contributed by atoms with van der Waals surface area (Å²) in [5.74, 6) is 1.15. The largest absolute Gasteiger partial charge is 2.00 e. The van der Waals surface area contributed by atoms with E-state index in [0.29, 0.717) is 12.6 Å². The van der Waals surface area contributed by atoms with Crippen molar-refractivity contribution in [1.29, 1.82) is 0 Å². The van der Waals surface area contributed by atoms with E-state index in [4.69, 9.17) is 9.52 Å². The molecular weight excluding hydrogens is 686 g/mol. The molecule has 4 aliphatic rings. The minimum Gasteiger partial charge on any atom is -0.418 e. The van der Waals surface area contributed by atoms with Crippen molar-refractivity contribution in [2.75, 3.05) is 24.4 Å². The summed E-state index contributed by atoms with van der Waals surface area (Å²) in [6, 6.07) is 11.3.